The van der Waals surface area contributed by atoms with Crippen molar-refractivity contribution in [3.05, 3.63) is 48.0 Å². The van der Waals surface area contributed by atoms with E-state index in [0.717, 1.165) is 19.3 Å². The fourth-order valence-electron chi connectivity index (χ4n) is 3.17. The Hall–Kier alpha value is -3.09. The van der Waals surface area contributed by atoms with Crippen molar-refractivity contribution >= 4 is 21.6 Å². The van der Waals surface area contributed by atoms with Gasteiger partial charge in [-0.2, -0.15) is 9.57 Å². The molecule has 30 heavy (non-hydrogen) atoms. The topological polar surface area (TPSA) is 109 Å². The molecule has 1 amide bonds. The number of nitrogens with zero attached hydrogens (tertiary/aromatic N) is 2. The molecule has 2 aromatic rings. The molecule has 0 atom stereocenters. The highest BCUT2D eigenvalue weighted by molar-refractivity contribution is 7.89. The number of benzene rings is 2. The van der Waals surface area contributed by atoms with Gasteiger partial charge in [-0.1, -0.05) is 6.42 Å². The Balaban J connectivity index is 1.70. The van der Waals surface area contributed by atoms with Gasteiger partial charge in [-0.05, 0) is 55.3 Å². The van der Waals surface area contributed by atoms with E-state index >= 15 is 0 Å². The Morgan fingerprint density at radius 3 is 2.47 bits per heavy atom. The summed E-state index contributed by atoms with van der Waals surface area (Å²) in [4.78, 5) is 12.3. The molecular weight excluding hydrogens is 406 g/mol. The van der Waals surface area contributed by atoms with E-state index in [9.17, 15) is 13.2 Å². The third-order valence-corrected chi connectivity index (χ3v) is 6.65. The van der Waals surface area contributed by atoms with E-state index in [2.05, 4.69) is 5.32 Å². The van der Waals surface area contributed by atoms with Crippen LogP contribution in [0.3, 0.4) is 0 Å². The van der Waals surface area contributed by atoms with Crippen molar-refractivity contribution < 1.29 is 22.7 Å². The van der Waals surface area contributed by atoms with Crippen LogP contribution in [0.1, 0.15) is 24.8 Å². The Morgan fingerprint density at radius 2 is 1.83 bits per heavy atom. The first kappa shape index (κ1) is 21.6. The summed E-state index contributed by atoms with van der Waals surface area (Å²) in [6, 6.07) is 12.9. The maximum absolute atomic E-state index is 13.1. The summed E-state index contributed by atoms with van der Waals surface area (Å²) < 4.78 is 38.2. The average Bonchev–Trinajstić information content (AvgIpc) is 2.78. The number of amides is 1. The third kappa shape index (κ3) is 5.09. The van der Waals surface area contributed by atoms with Crippen molar-refractivity contribution in [1.82, 2.24) is 4.31 Å². The average molecular weight is 429 g/mol. The quantitative estimate of drug-likeness (QED) is 0.725. The molecule has 3 rings (SSSR count). The van der Waals surface area contributed by atoms with E-state index in [1.54, 1.807) is 30.3 Å². The first-order valence-electron chi connectivity index (χ1n) is 9.55. The summed E-state index contributed by atoms with van der Waals surface area (Å²) >= 11 is 0. The van der Waals surface area contributed by atoms with Crippen molar-refractivity contribution in [2.75, 3.05) is 32.1 Å². The van der Waals surface area contributed by atoms with Gasteiger partial charge in [0, 0.05) is 18.8 Å². The molecule has 0 unspecified atom stereocenters. The number of rotatable bonds is 7. The predicted octanol–water partition coefficient (Wildman–Crippen LogP) is 2.76. The Labute approximate surface area is 176 Å². The van der Waals surface area contributed by atoms with Gasteiger partial charge in [0.15, 0.2) is 6.61 Å². The molecule has 0 radical (unpaired) electrons. The molecule has 0 bridgehead atoms. The molecule has 1 N–H and O–H groups in total. The minimum atomic E-state index is -3.73. The van der Waals surface area contributed by atoms with Crippen molar-refractivity contribution in [3.63, 3.8) is 0 Å². The zero-order valence-corrected chi connectivity index (χ0v) is 17.4. The summed E-state index contributed by atoms with van der Waals surface area (Å²) in [5, 5.41) is 11.4. The lowest BCUT2D eigenvalue weighted by atomic mass is 10.2. The fourth-order valence-corrected chi connectivity index (χ4v) is 4.87. The maximum Gasteiger partial charge on any atom is 0.262 e. The first-order chi connectivity index (χ1) is 14.4. The van der Waals surface area contributed by atoms with Gasteiger partial charge in [0.25, 0.3) is 5.91 Å². The van der Waals surface area contributed by atoms with Crippen LogP contribution in [0.15, 0.2) is 47.4 Å². The summed E-state index contributed by atoms with van der Waals surface area (Å²) in [6.07, 6.45) is 2.66. The minimum absolute atomic E-state index is 0.0257. The number of sulfonamides is 1. The largest absolute Gasteiger partial charge is 0.495 e. The van der Waals surface area contributed by atoms with Crippen molar-refractivity contribution in [2.24, 2.45) is 0 Å². The molecule has 0 aromatic heterocycles. The van der Waals surface area contributed by atoms with Gasteiger partial charge in [-0.15, -0.1) is 0 Å². The van der Waals surface area contributed by atoms with Gasteiger partial charge < -0.3 is 14.8 Å². The van der Waals surface area contributed by atoms with Gasteiger partial charge >= 0.3 is 0 Å². The normalized spacial score (nSPS) is 14.5. The van der Waals surface area contributed by atoms with E-state index < -0.39 is 15.9 Å². The summed E-state index contributed by atoms with van der Waals surface area (Å²) in [6.45, 7) is 0.688. The molecule has 0 spiro atoms. The number of methoxy groups -OCH3 is 1. The van der Waals surface area contributed by atoms with Gasteiger partial charge in [0.05, 0.1) is 18.7 Å². The summed E-state index contributed by atoms with van der Waals surface area (Å²) in [5.74, 6) is 0.241. The van der Waals surface area contributed by atoms with Gasteiger partial charge in [-0.3, -0.25) is 4.79 Å². The number of carbonyl (C=O) groups excluding carboxylic acids is 1. The molecule has 2 aromatic carbocycles. The smallest absolute Gasteiger partial charge is 0.262 e. The molecule has 1 saturated heterocycles. The molecule has 0 saturated carbocycles. The van der Waals surface area contributed by atoms with Gasteiger partial charge in [0.1, 0.15) is 16.4 Å². The lowest BCUT2D eigenvalue weighted by molar-refractivity contribution is -0.118. The summed E-state index contributed by atoms with van der Waals surface area (Å²) in [5.41, 5.74) is 0.826. The van der Waals surface area contributed by atoms with E-state index in [0.29, 0.717) is 30.1 Å². The minimum Gasteiger partial charge on any atom is -0.495 e. The van der Waals surface area contributed by atoms with Crippen LogP contribution >= 0.6 is 0 Å². The second-order valence-electron chi connectivity index (χ2n) is 6.80. The molecular formula is C21H23N3O5S. The van der Waals surface area contributed by atoms with E-state index in [4.69, 9.17) is 14.7 Å². The lowest BCUT2D eigenvalue weighted by Gasteiger charge is -2.26. The van der Waals surface area contributed by atoms with Crippen LogP contribution in [-0.4, -0.2) is 45.4 Å². The number of nitriles is 1. The van der Waals surface area contributed by atoms with Crippen LogP contribution in [0.25, 0.3) is 0 Å². The SMILES string of the molecule is COc1ccc(NC(=O)COc2ccc(C#N)cc2)cc1S(=O)(=O)N1CCCCC1. The monoisotopic (exact) mass is 429 g/mol. The second-order valence-corrected chi connectivity index (χ2v) is 8.71. The van der Waals surface area contributed by atoms with Crippen LogP contribution in [0.4, 0.5) is 5.69 Å². The van der Waals surface area contributed by atoms with Crippen LogP contribution < -0.4 is 14.8 Å². The van der Waals surface area contributed by atoms with Crippen molar-refractivity contribution in [3.8, 4) is 17.6 Å². The highest BCUT2D eigenvalue weighted by atomic mass is 32.2. The fraction of sp³-hybridized carbons (Fsp3) is 0.333. The number of carbonyl (C=O) groups is 1. The number of hydrogen-bond acceptors (Lipinski definition) is 6. The van der Waals surface area contributed by atoms with Crippen LogP contribution in [0.2, 0.25) is 0 Å². The van der Waals surface area contributed by atoms with E-state index in [1.165, 1.54) is 23.5 Å². The van der Waals surface area contributed by atoms with Crippen LogP contribution in [0, 0.1) is 11.3 Å². The van der Waals surface area contributed by atoms with Crippen LogP contribution in [0.5, 0.6) is 11.5 Å². The Morgan fingerprint density at radius 1 is 1.13 bits per heavy atom. The molecule has 1 fully saturated rings. The number of hydrogen-bond donors (Lipinski definition) is 1. The zero-order chi connectivity index (χ0) is 21.6. The second kappa shape index (κ2) is 9.61. The van der Waals surface area contributed by atoms with Crippen molar-refractivity contribution in [1.29, 1.82) is 5.26 Å². The molecule has 1 aliphatic rings. The molecule has 158 valence electrons. The third-order valence-electron chi connectivity index (χ3n) is 4.73. The Kier molecular flexibility index (Phi) is 6.92. The zero-order valence-electron chi connectivity index (χ0n) is 16.6. The highest BCUT2D eigenvalue weighted by Gasteiger charge is 2.29. The molecule has 8 nitrogen and oxygen atoms in total. The molecule has 0 aliphatic carbocycles. The van der Waals surface area contributed by atoms with Crippen LogP contribution in [-0.2, 0) is 14.8 Å². The molecule has 1 aliphatic heterocycles. The maximum atomic E-state index is 13.1. The van der Waals surface area contributed by atoms with Gasteiger partial charge in [-0.25, -0.2) is 8.42 Å². The predicted molar refractivity (Wildman–Crippen MR) is 111 cm³/mol. The Bertz CT molecular complexity index is 1040. The highest BCUT2D eigenvalue weighted by Crippen LogP contribution is 2.31. The number of nitrogens with one attached hydrogen (secondary N) is 1. The molecule has 1 heterocycles. The lowest BCUT2D eigenvalue weighted by Crippen LogP contribution is -2.35. The first-order valence-corrected chi connectivity index (χ1v) is 11.0. The number of anilines is 1. The van der Waals surface area contributed by atoms with Gasteiger partial charge in [0.2, 0.25) is 10.0 Å². The summed E-state index contributed by atoms with van der Waals surface area (Å²) in [7, 11) is -2.31. The standard InChI is InChI=1S/C21H23N3O5S/c1-28-19-10-7-17(13-20(19)30(26,27)24-11-3-2-4-12-24)23-21(25)15-29-18-8-5-16(14-22)6-9-18/h5-10,13H,2-4,11-12,15H2,1H3,(H,23,25). The molecule has 9 heteroatoms. The van der Waals surface area contributed by atoms with E-state index in [-0.39, 0.29) is 17.3 Å². The number of ether oxygens (including phenoxy) is 2. The van der Waals surface area contributed by atoms with E-state index in [1.807, 2.05) is 6.07 Å². The van der Waals surface area contributed by atoms with Crippen molar-refractivity contribution in [2.45, 2.75) is 24.2 Å². The number of piperidine rings is 1.